The molecule has 1 saturated carbocycles. The topological polar surface area (TPSA) is 50.8 Å². The Morgan fingerprint density at radius 3 is 2.68 bits per heavy atom. The van der Waals surface area contributed by atoms with Gasteiger partial charge in [0.1, 0.15) is 5.54 Å². The Hall–Kier alpha value is -0.650. The van der Waals surface area contributed by atoms with E-state index in [2.05, 4.69) is 10.2 Å². The van der Waals surface area contributed by atoms with Gasteiger partial charge in [0.05, 0.1) is 13.2 Å². The summed E-state index contributed by atoms with van der Waals surface area (Å²) in [6.45, 7) is 7.13. The SMILES string of the molecule is CCOC(=O)C(C)(CN(C)CCOCC1CC1)NC. The molecular weight excluding hydrogens is 244 g/mol. The average molecular weight is 272 g/mol. The van der Waals surface area contributed by atoms with Crippen LogP contribution in [0.1, 0.15) is 26.7 Å². The molecule has 5 nitrogen and oxygen atoms in total. The van der Waals surface area contributed by atoms with Crippen LogP contribution in [-0.2, 0) is 14.3 Å². The van der Waals surface area contributed by atoms with E-state index in [0.717, 1.165) is 25.7 Å². The third-order valence-electron chi connectivity index (χ3n) is 3.53. The molecule has 1 aliphatic carbocycles. The highest BCUT2D eigenvalue weighted by Gasteiger charge is 2.34. The maximum atomic E-state index is 11.9. The third-order valence-corrected chi connectivity index (χ3v) is 3.53. The Balaban J connectivity index is 2.25. The van der Waals surface area contributed by atoms with Crippen LogP contribution in [0.5, 0.6) is 0 Å². The van der Waals surface area contributed by atoms with E-state index in [1.54, 1.807) is 7.05 Å². The van der Waals surface area contributed by atoms with Crippen LogP contribution >= 0.6 is 0 Å². The third kappa shape index (κ3) is 5.89. The fraction of sp³-hybridized carbons (Fsp3) is 0.929. The van der Waals surface area contributed by atoms with Gasteiger partial charge in [-0.1, -0.05) is 0 Å². The monoisotopic (exact) mass is 272 g/mol. The second kappa shape index (κ2) is 7.82. The summed E-state index contributed by atoms with van der Waals surface area (Å²) in [5.74, 6) is 0.593. The van der Waals surface area contributed by atoms with Gasteiger partial charge in [0.2, 0.25) is 0 Å². The highest BCUT2D eigenvalue weighted by Crippen LogP contribution is 2.28. The van der Waals surface area contributed by atoms with Crippen molar-refractivity contribution in [3.8, 4) is 0 Å². The minimum absolute atomic E-state index is 0.205. The summed E-state index contributed by atoms with van der Waals surface area (Å²) in [4.78, 5) is 14.0. The fourth-order valence-corrected chi connectivity index (χ4v) is 1.91. The molecule has 112 valence electrons. The second-order valence-corrected chi connectivity index (χ2v) is 5.56. The van der Waals surface area contributed by atoms with Gasteiger partial charge in [-0.15, -0.1) is 0 Å². The Morgan fingerprint density at radius 1 is 1.47 bits per heavy atom. The van der Waals surface area contributed by atoms with E-state index in [1.807, 2.05) is 20.9 Å². The predicted molar refractivity (Wildman–Crippen MR) is 75.1 cm³/mol. The molecule has 0 amide bonds. The van der Waals surface area contributed by atoms with Gasteiger partial charge in [-0.05, 0) is 46.7 Å². The van der Waals surface area contributed by atoms with Crippen LogP contribution in [0.15, 0.2) is 0 Å². The van der Waals surface area contributed by atoms with Gasteiger partial charge in [0, 0.05) is 19.7 Å². The van der Waals surface area contributed by atoms with Gasteiger partial charge in [0.25, 0.3) is 0 Å². The highest BCUT2D eigenvalue weighted by molar-refractivity contribution is 5.80. The number of nitrogens with zero attached hydrogens (tertiary/aromatic N) is 1. The first-order valence-electron chi connectivity index (χ1n) is 7.14. The maximum absolute atomic E-state index is 11.9. The fourth-order valence-electron chi connectivity index (χ4n) is 1.91. The molecule has 1 atom stereocenters. The molecule has 1 unspecified atom stereocenters. The molecule has 0 aromatic rings. The summed E-state index contributed by atoms with van der Waals surface area (Å²) in [6.07, 6.45) is 2.63. The molecule has 0 aliphatic heterocycles. The Kier molecular flexibility index (Phi) is 6.75. The van der Waals surface area contributed by atoms with Gasteiger partial charge in [0.15, 0.2) is 0 Å². The Labute approximate surface area is 116 Å². The van der Waals surface area contributed by atoms with Crippen molar-refractivity contribution in [1.29, 1.82) is 0 Å². The number of ether oxygens (including phenoxy) is 2. The molecule has 0 aromatic carbocycles. The van der Waals surface area contributed by atoms with Crippen LogP contribution in [0.2, 0.25) is 0 Å². The van der Waals surface area contributed by atoms with Crippen LogP contribution in [0.3, 0.4) is 0 Å². The molecule has 1 N–H and O–H groups in total. The van der Waals surface area contributed by atoms with Gasteiger partial charge < -0.3 is 19.7 Å². The molecule has 1 aliphatic rings. The zero-order valence-electron chi connectivity index (χ0n) is 12.7. The lowest BCUT2D eigenvalue weighted by atomic mass is 10.0. The second-order valence-electron chi connectivity index (χ2n) is 5.56. The maximum Gasteiger partial charge on any atom is 0.327 e. The summed E-state index contributed by atoms with van der Waals surface area (Å²) in [6, 6.07) is 0. The van der Waals surface area contributed by atoms with E-state index in [0.29, 0.717) is 13.2 Å². The summed E-state index contributed by atoms with van der Waals surface area (Å²) in [5, 5.41) is 3.06. The summed E-state index contributed by atoms with van der Waals surface area (Å²) in [5.41, 5.74) is -0.665. The number of rotatable bonds is 10. The summed E-state index contributed by atoms with van der Waals surface area (Å²) >= 11 is 0. The predicted octanol–water partition coefficient (Wildman–Crippen LogP) is 0.886. The number of hydrogen-bond acceptors (Lipinski definition) is 5. The number of likely N-dealkylation sites (N-methyl/N-ethyl adjacent to an activating group) is 2. The summed E-state index contributed by atoms with van der Waals surface area (Å²) < 4.78 is 10.7. The van der Waals surface area contributed by atoms with E-state index in [1.165, 1.54) is 12.8 Å². The largest absolute Gasteiger partial charge is 0.465 e. The minimum atomic E-state index is -0.665. The van der Waals surface area contributed by atoms with Crippen LogP contribution in [0, 0.1) is 5.92 Å². The van der Waals surface area contributed by atoms with Gasteiger partial charge in [-0.3, -0.25) is 4.79 Å². The standard InChI is InChI=1S/C14H28N2O3/c1-5-19-13(17)14(2,15-3)11-16(4)8-9-18-10-12-6-7-12/h12,15H,5-11H2,1-4H3. The van der Waals surface area contributed by atoms with Crippen molar-refractivity contribution in [2.75, 3.05) is 47.0 Å². The van der Waals surface area contributed by atoms with Crippen LogP contribution in [0.4, 0.5) is 0 Å². The molecule has 0 bridgehead atoms. The number of hydrogen-bond donors (Lipinski definition) is 1. The van der Waals surface area contributed by atoms with Crippen molar-refractivity contribution in [2.24, 2.45) is 5.92 Å². The normalized spacial score (nSPS) is 18.4. The van der Waals surface area contributed by atoms with Crippen molar-refractivity contribution in [2.45, 2.75) is 32.2 Å². The Bertz CT molecular complexity index is 282. The molecular formula is C14H28N2O3. The molecule has 1 fully saturated rings. The molecule has 19 heavy (non-hydrogen) atoms. The van der Waals surface area contributed by atoms with E-state index in [4.69, 9.17) is 9.47 Å². The smallest absolute Gasteiger partial charge is 0.327 e. The number of carbonyl (C=O) groups excluding carboxylic acids is 1. The van der Waals surface area contributed by atoms with Crippen molar-refractivity contribution in [1.82, 2.24) is 10.2 Å². The molecule has 0 aromatic heterocycles. The quantitative estimate of drug-likeness (QED) is 0.473. The minimum Gasteiger partial charge on any atom is -0.465 e. The van der Waals surface area contributed by atoms with Gasteiger partial charge in [-0.25, -0.2) is 0 Å². The summed E-state index contributed by atoms with van der Waals surface area (Å²) in [7, 11) is 3.78. The van der Waals surface area contributed by atoms with E-state index in [-0.39, 0.29) is 5.97 Å². The molecule has 0 heterocycles. The lowest BCUT2D eigenvalue weighted by molar-refractivity contribution is -0.151. The van der Waals surface area contributed by atoms with E-state index < -0.39 is 5.54 Å². The zero-order valence-corrected chi connectivity index (χ0v) is 12.7. The lowest BCUT2D eigenvalue weighted by Gasteiger charge is -2.31. The number of nitrogens with one attached hydrogen (secondary N) is 1. The highest BCUT2D eigenvalue weighted by atomic mass is 16.5. The van der Waals surface area contributed by atoms with Crippen LogP contribution < -0.4 is 5.32 Å². The molecule has 0 spiro atoms. The Morgan fingerprint density at radius 2 is 2.16 bits per heavy atom. The van der Waals surface area contributed by atoms with Crippen molar-refractivity contribution >= 4 is 5.97 Å². The number of esters is 1. The van der Waals surface area contributed by atoms with Crippen molar-refractivity contribution in [3.05, 3.63) is 0 Å². The van der Waals surface area contributed by atoms with Crippen LogP contribution in [0.25, 0.3) is 0 Å². The molecule has 1 rings (SSSR count). The number of carbonyl (C=O) groups is 1. The van der Waals surface area contributed by atoms with Gasteiger partial charge >= 0.3 is 5.97 Å². The molecule has 5 heteroatoms. The van der Waals surface area contributed by atoms with Crippen molar-refractivity contribution in [3.63, 3.8) is 0 Å². The van der Waals surface area contributed by atoms with Gasteiger partial charge in [-0.2, -0.15) is 0 Å². The lowest BCUT2D eigenvalue weighted by Crippen LogP contribution is -2.56. The first kappa shape index (κ1) is 16.4. The first-order valence-corrected chi connectivity index (χ1v) is 7.14. The van der Waals surface area contributed by atoms with E-state index in [9.17, 15) is 4.79 Å². The first-order chi connectivity index (χ1) is 9.01. The van der Waals surface area contributed by atoms with Crippen molar-refractivity contribution < 1.29 is 14.3 Å². The van der Waals surface area contributed by atoms with E-state index >= 15 is 0 Å². The average Bonchev–Trinajstić information content (AvgIpc) is 3.19. The zero-order chi connectivity index (χ0) is 14.3. The van der Waals surface area contributed by atoms with Crippen LogP contribution in [-0.4, -0.2) is 63.4 Å². The molecule has 0 radical (unpaired) electrons. The molecule has 0 saturated heterocycles.